The van der Waals surface area contributed by atoms with Gasteiger partial charge in [-0.2, -0.15) is 0 Å². The lowest BCUT2D eigenvalue weighted by Gasteiger charge is -2.30. The van der Waals surface area contributed by atoms with Gasteiger partial charge >= 0.3 is 0 Å². The lowest BCUT2D eigenvalue weighted by molar-refractivity contribution is 0.201. The van der Waals surface area contributed by atoms with Crippen LogP contribution >= 0.6 is 24.8 Å². The van der Waals surface area contributed by atoms with Crippen LogP contribution in [0.3, 0.4) is 0 Å². The Hall–Kier alpha value is -0.350. The summed E-state index contributed by atoms with van der Waals surface area (Å²) in [6, 6.07) is 4.51. The molecule has 0 bridgehead atoms. The van der Waals surface area contributed by atoms with Gasteiger partial charge in [-0.25, -0.2) is 0 Å². The SMILES string of the molecule is Cl.Cl.NC1CCCN(Cc2ccncc2)C1. The van der Waals surface area contributed by atoms with E-state index in [1.54, 1.807) is 0 Å². The zero-order valence-corrected chi connectivity index (χ0v) is 10.8. The molecule has 1 saturated heterocycles. The molecule has 0 aromatic carbocycles. The minimum Gasteiger partial charge on any atom is -0.327 e. The van der Waals surface area contributed by atoms with Crippen LogP contribution in [0.2, 0.25) is 0 Å². The number of hydrogen-bond donors (Lipinski definition) is 1. The lowest BCUT2D eigenvalue weighted by Crippen LogP contribution is -2.42. The standard InChI is InChI=1S/C11H17N3.2ClH/c12-11-2-1-7-14(9-11)8-10-3-5-13-6-4-10;;/h3-6,11H,1-2,7-9,12H2;2*1H. The van der Waals surface area contributed by atoms with Gasteiger partial charge in [0.05, 0.1) is 0 Å². The summed E-state index contributed by atoms with van der Waals surface area (Å²) >= 11 is 0. The van der Waals surface area contributed by atoms with Crippen LogP contribution in [0.25, 0.3) is 0 Å². The molecule has 2 rings (SSSR count). The molecule has 1 aromatic rings. The Morgan fingerprint density at radius 2 is 2.00 bits per heavy atom. The fourth-order valence-electron chi connectivity index (χ4n) is 1.98. The molecule has 1 atom stereocenters. The highest BCUT2D eigenvalue weighted by Gasteiger charge is 2.16. The normalized spacial score (nSPS) is 20.7. The number of aromatic nitrogens is 1. The molecule has 3 nitrogen and oxygen atoms in total. The second kappa shape index (κ2) is 7.85. The number of pyridine rings is 1. The first kappa shape index (κ1) is 15.7. The van der Waals surface area contributed by atoms with E-state index >= 15 is 0 Å². The van der Waals surface area contributed by atoms with Crippen LogP contribution in [0.4, 0.5) is 0 Å². The first-order valence-corrected chi connectivity index (χ1v) is 5.21. The van der Waals surface area contributed by atoms with Crippen molar-refractivity contribution in [2.45, 2.75) is 25.4 Å². The minimum atomic E-state index is 0. The number of piperidine rings is 1. The van der Waals surface area contributed by atoms with Crippen molar-refractivity contribution in [3.63, 3.8) is 0 Å². The van der Waals surface area contributed by atoms with Gasteiger partial charge in [-0.05, 0) is 37.1 Å². The third-order valence-corrected chi connectivity index (χ3v) is 2.70. The molecular formula is C11H19Cl2N3. The van der Waals surface area contributed by atoms with E-state index in [9.17, 15) is 0 Å². The predicted molar refractivity (Wildman–Crippen MR) is 71.2 cm³/mol. The molecule has 0 saturated carbocycles. The second-order valence-electron chi connectivity index (χ2n) is 3.99. The zero-order chi connectivity index (χ0) is 9.80. The number of likely N-dealkylation sites (tertiary alicyclic amines) is 1. The first-order valence-electron chi connectivity index (χ1n) is 5.21. The topological polar surface area (TPSA) is 42.1 Å². The van der Waals surface area contributed by atoms with E-state index in [1.165, 1.54) is 24.9 Å². The van der Waals surface area contributed by atoms with Crippen molar-refractivity contribution in [2.75, 3.05) is 13.1 Å². The number of hydrogen-bond acceptors (Lipinski definition) is 3. The monoisotopic (exact) mass is 263 g/mol. The molecule has 16 heavy (non-hydrogen) atoms. The average molecular weight is 264 g/mol. The Kier molecular flexibility index (Phi) is 7.68. The van der Waals surface area contributed by atoms with Gasteiger partial charge in [-0.15, -0.1) is 24.8 Å². The quantitative estimate of drug-likeness (QED) is 0.886. The number of halogens is 2. The summed E-state index contributed by atoms with van der Waals surface area (Å²) in [6.45, 7) is 3.22. The third-order valence-electron chi connectivity index (χ3n) is 2.70. The Bertz CT molecular complexity index is 282. The molecule has 1 aliphatic heterocycles. The summed E-state index contributed by atoms with van der Waals surface area (Å²) in [7, 11) is 0. The van der Waals surface area contributed by atoms with Crippen LogP contribution in [0.15, 0.2) is 24.5 Å². The molecule has 1 fully saturated rings. The first-order chi connectivity index (χ1) is 6.84. The molecular weight excluding hydrogens is 245 g/mol. The predicted octanol–water partition coefficient (Wildman–Crippen LogP) is 1.85. The van der Waals surface area contributed by atoms with Crippen LogP contribution in [-0.2, 0) is 6.54 Å². The number of nitrogens with zero attached hydrogens (tertiary/aromatic N) is 2. The molecule has 2 N–H and O–H groups in total. The van der Waals surface area contributed by atoms with E-state index in [1.807, 2.05) is 12.4 Å². The molecule has 0 amide bonds. The Labute approximate surface area is 109 Å². The fourth-order valence-corrected chi connectivity index (χ4v) is 1.98. The molecule has 0 radical (unpaired) electrons. The van der Waals surface area contributed by atoms with E-state index in [2.05, 4.69) is 22.0 Å². The van der Waals surface area contributed by atoms with Gasteiger partial charge in [0.2, 0.25) is 0 Å². The summed E-state index contributed by atoms with van der Waals surface area (Å²) in [5, 5.41) is 0. The maximum atomic E-state index is 5.92. The van der Waals surface area contributed by atoms with Crippen LogP contribution in [0, 0.1) is 0 Å². The lowest BCUT2D eigenvalue weighted by atomic mass is 10.1. The van der Waals surface area contributed by atoms with Crippen LogP contribution in [0.1, 0.15) is 18.4 Å². The van der Waals surface area contributed by atoms with Gasteiger partial charge in [-0.3, -0.25) is 9.88 Å². The van der Waals surface area contributed by atoms with E-state index in [-0.39, 0.29) is 24.8 Å². The van der Waals surface area contributed by atoms with Crippen molar-refractivity contribution >= 4 is 24.8 Å². The molecule has 0 aliphatic carbocycles. The van der Waals surface area contributed by atoms with Crippen LogP contribution < -0.4 is 5.73 Å². The summed E-state index contributed by atoms with van der Waals surface area (Å²) < 4.78 is 0. The Balaban J connectivity index is 0.00000112. The average Bonchev–Trinajstić information content (AvgIpc) is 2.19. The van der Waals surface area contributed by atoms with Gasteiger partial charge in [0, 0.05) is 31.5 Å². The molecule has 1 aliphatic rings. The van der Waals surface area contributed by atoms with Crippen LogP contribution in [0.5, 0.6) is 0 Å². The van der Waals surface area contributed by atoms with Crippen molar-refractivity contribution in [1.82, 2.24) is 9.88 Å². The highest BCUT2D eigenvalue weighted by molar-refractivity contribution is 5.85. The summed E-state index contributed by atoms with van der Waals surface area (Å²) in [4.78, 5) is 6.43. The minimum absolute atomic E-state index is 0. The summed E-state index contributed by atoms with van der Waals surface area (Å²) in [5.41, 5.74) is 7.25. The van der Waals surface area contributed by atoms with Crippen LogP contribution in [-0.4, -0.2) is 29.0 Å². The largest absolute Gasteiger partial charge is 0.327 e. The molecule has 1 unspecified atom stereocenters. The van der Waals surface area contributed by atoms with Gasteiger partial charge in [0.1, 0.15) is 0 Å². The number of rotatable bonds is 2. The van der Waals surface area contributed by atoms with Crippen molar-refractivity contribution in [2.24, 2.45) is 5.73 Å². The van der Waals surface area contributed by atoms with Gasteiger partial charge < -0.3 is 5.73 Å². The summed E-state index contributed by atoms with van der Waals surface area (Å²) in [5.74, 6) is 0. The maximum absolute atomic E-state index is 5.92. The third kappa shape index (κ3) is 4.66. The zero-order valence-electron chi connectivity index (χ0n) is 9.21. The molecule has 5 heteroatoms. The van der Waals surface area contributed by atoms with Crippen molar-refractivity contribution in [1.29, 1.82) is 0 Å². The fraction of sp³-hybridized carbons (Fsp3) is 0.545. The van der Waals surface area contributed by atoms with E-state index in [0.717, 1.165) is 13.1 Å². The van der Waals surface area contributed by atoms with E-state index in [0.29, 0.717) is 6.04 Å². The highest BCUT2D eigenvalue weighted by Crippen LogP contribution is 2.11. The van der Waals surface area contributed by atoms with E-state index in [4.69, 9.17) is 5.73 Å². The number of nitrogens with two attached hydrogens (primary N) is 1. The molecule has 92 valence electrons. The van der Waals surface area contributed by atoms with Gasteiger partial charge in [0.15, 0.2) is 0 Å². The van der Waals surface area contributed by atoms with Gasteiger partial charge in [0.25, 0.3) is 0 Å². The molecule has 2 heterocycles. The van der Waals surface area contributed by atoms with Crippen molar-refractivity contribution < 1.29 is 0 Å². The molecule has 0 spiro atoms. The van der Waals surface area contributed by atoms with Gasteiger partial charge in [-0.1, -0.05) is 0 Å². The Morgan fingerprint density at radius 1 is 1.31 bits per heavy atom. The maximum Gasteiger partial charge on any atom is 0.0271 e. The highest BCUT2D eigenvalue weighted by atomic mass is 35.5. The Morgan fingerprint density at radius 3 is 2.62 bits per heavy atom. The van der Waals surface area contributed by atoms with Crippen molar-refractivity contribution in [3.05, 3.63) is 30.1 Å². The molecule has 1 aromatic heterocycles. The summed E-state index contributed by atoms with van der Waals surface area (Å²) in [6.07, 6.45) is 6.09. The van der Waals surface area contributed by atoms with Crippen molar-refractivity contribution in [3.8, 4) is 0 Å². The second-order valence-corrected chi connectivity index (χ2v) is 3.99. The van der Waals surface area contributed by atoms with E-state index < -0.39 is 0 Å². The smallest absolute Gasteiger partial charge is 0.0271 e.